The standard InChI is InChI=1S/C28H31FN2O4/c1-32-22-5-4-6-23(18-22)35-26(24-7-2-3-8-25(24)29)11-12-30-13-15-31(16-14-30)19-21-9-10-27-28(17-21)34-20-33-27/h2-10,17-18,26H,11-16,19-20H2,1H3. The molecule has 2 aliphatic heterocycles. The topological polar surface area (TPSA) is 43.4 Å². The number of hydrogen-bond acceptors (Lipinski definition) is 6. The number of nitrogens with zero attached hydrogens (tertiary/aromatic N) is 2. The smallest absolute Gasteiger partial charge is 0.231 e. The Labute approximate surface area is 205 Å². The molecule has 0 N–H and O–H groups in total. The average Bonchev–Trinajstić information content (AvgIpc) is 3.36. The van der Waals surface area contributed by atoms with E-state index >= 15 is 0 Å². The highest BCUT2D eigenvalue weighted by molar-refractivity contribution is 5.44. The Balaban J connectivity index is 1.17. The van der Waals surface area contributed by atoms with Gasteiger partial charge in [-0.2, -0.15) is 0 Å². The van der Waals surface area contributed by atoms with Gasteiger partial charge in [0.1, 0.15) is 23.4 Å². The van der Waals surface area contributed by atoms with Gasteiger partial charge in [-0.15, -0.1) is 0 Å². The van der Waals surface area contributed by atoms with Gasteiger partial charge >= 0.3 is 0 Å². The molecule has 0 radical (unpaired) electrons. The fourth-order valence-corrected chi connectivity index (χ4v) is 4.62. The van der Waals surface area contributed by atoms with Gasteiger partial charge in [0.05, 0.1) is 7.11 Å². The first kappa shape index (κ1) is 23.5. The summed E-state index contributed by atoms with van der Waals surface area (Å²) >= 11 is 0. The average molecular weight is 479 g/mol. The maximum absolute atomic E-state index is 14.7. The van der Waals surface area contributed by atoms with Crippen molar-refractivity contribution >= 4 is 0 Å². The fourth-order valence-electron chi connectivity index (χ4n) is 4.62. The first-order valence-corrected chi connectivity index (χ1v) is 12.1. The van der Waals surface area contributed by atoms with Crippen LogP contribution in [0.2, 0.25) is 0 Å². The number of methoxy groups -OCH3 is 1. The molecule has 6 nitrogen and oxygen atoms in total. The molecule has 35 heavy (non-hydrogen) atoms. The zero-order chi connectivity index (χ0) is 24.0. The molecule has 1 fully saturated rings. The predicted octanol–water partition coefficient (Wildman–Crippen LogP) is 4.89. The monoisotopic (exact) mass is 478 g/mol. The Morgan fingerprint density at radius 2 is 1.63 bits per heavy atom. The number of rotatable bonds is 9. The first-order valence-electron chi connectivity index (χ1n) is 12.1. The van der Waals surface area contributed by atoms with Crippen molar-refractivity contribution in [2.75, 3.05) is 46.6 Å². The third kappa shape index (κ3) is 5.86. The number of piperazine rings is 1. The second kappa shape index (κ2) is 11.0. The van der Waals surface area contributed by atoms with Crippen molar-refractivity contribution in [2.45, 2.75) is 19.1 Å². The van der Waals surface area contributed by atoms with E-state index in [9.17, 15) is 4.39 Å². The van der Waals surface area contributed by atoms with Crippen LogP contribution < -0.4 is 18.9 Å². The van der Waals surface area contributed by atoms with Crippen LogP contribution in [0.3, 0.4) is 0 Å². The van der Waals surface area contributed by atoms with E-state index in [4.69, 9.17) is 18.9 Å². The molecule has 1 atom stereocenters. The highest BCUT2D eigenvalue weighted by Crippen LogP contribution is 2.33. The van der Waals surface area contributed by atoms with Crippen LogP contribution in [0, 0.1) is 5.82 Å². The molecular formula is C28H31FN2O4. The van der Waals surface area contributed by atoms with Gasteiger partial charge in [-0.1, -0.05) is 30.3 Å². The number of hydrogen-bond donors (Lipinski definition) is 0. The van der Waals surface area contributed by atoms with Crippen LogP contribution in [0.1, 0.15) is 23.7 Å². The number of ether oxygens (including phenoxy) is 4. The Bertz CT molecular complexity index is 1130. The summed E-state index contributed by atoms with van der Waals surface area (Å²) in [6, 6.07) is 20.5. The van der Waals surface area contributed by atoms with Crippen molar-refractivity contribution in [3.8, 4) is 23.0 Å². The minimum absolute atomic E-state index is 0.242. The SMILES string of the molecule is COc1cccc(OC(CCN2CCN(Cc3ccc4c(c3)OCO4)CC2)c2ccccc2F)c1. The number of halogens is 1. The Kier molecular flexibility index (Phi) is 7.35. The summed E-state index contributed by atoms with van der Waals surface area (Å²) in [6.07, 6.45) is 0.315. The Hall–Kier alpha value is -3.29. The molecule has 3 aromatic carbocycles. The van der Waals surface area contributed by atoms with Crippen molar-refractivity contribution in [3.05, 3.63) is 83.7 Å². The van der Waals surface area contributed by atoms with E-state index in [1.54, 1.807) is 13.2 Å². The van der Waals surface area contributed by atoms with Crippen molar-refractivity contribution in [3.63, 3.8) is 0 Å². The van der Waals surface area contributed by atoms with Crippen LogP contribution >= 0.6 is 0 Å². The van der Waals surface area contributed by atoms with E-state index in [2.05, 4.69) is 21.9 Å². The molecule has 0 amide bonds. The van der Waals surface area contributed by atoms with Gasteiger partial charge in [0, 0.05) is 57.3 Å². The third-order valence-corrected chi connectivity index (χ3v) is 6.59. The predicted molar refractivity (Wildman–Crippen MR) is 132 cm³/mol. The second-order valence-electron chi connectivity index (χ2n) is 8.90. The summed E-state index contributed by atoms with van der Waals surface area (Å²) in [4.78, 5) is 4.88. The molecule has 0 spiro atoms. The maximum Gasteiger partial charge on any atom is 0.231 e. The van der Waals surface area contributed by atoms with E-state index in [0.29, 0.717) is 30.3 Å². The zero-order valence-electron chi connectivity index (χ0n) is 20.0. The lowest BCUT2D eigenvalue weighted by Crippen LogP contribution is -2.46. The van der Waals surface area contributed by atoms with Crippen LogP contribution in [-0.2, 0) is 6.54 Å². The van der Waals surface area contributed by atoms with Crippen molar-refractivity contribution in [2.24, 2.45) is 0 Å². The van der Waals surface area contributed by atoms with Gasteiger partial charge in [-0.3, -0.25) is 4.90 Å². The molecule has 1 unspecified atom stereocenters. The van der Waals surface area contributed by atoms with Crippen molar-refractivity contribution < 1.29 is 23.3 Å². The molecule has 0 aliphatic carbocycles. The molecule has 0 saturated carbocycles. The third-order valence-electron chi connectivity index (χ3n) is 6.59. The summed E-state index contributed by atoms with van der Waals surface area (Å²) in [5, 5.41) is 0. The summed E-state index contributed by atoms with van der Waals surface area (Å²) < 4.78 is 37.2. The zero-order valence-corrected chi connectivity index (χ0v) is 20.0. The minimum Gasteiger partial charge on any atom is -0.497 e. The number of fused-ring (bicyclic) bond motifs is 1. The molecule has 5 rings (SSSR count). The van der Waals surface area contributed by atoms with Gasteiger partial charge in [0.2, 0.25) is 6.79 Å². The highest BCUT2D eigenvalue weighted by atomic mass is 19.1. The summed E-state index contributed by atoms with van der Waals surface area (Å²) in [7, 11) is 1.62. The van der Waals surface area contributed by atoms with Crippen molar-refractivity contribution in [1.82, 2.24) is 9.80 Å². The largest absolute Gasteiger partial charge is 0.497 e. The molecule has 0 bridgehead atoms. The van der Waals surface area contributed by atoms with Crippen LogP contribution in [0.25, 0.3) is 0 Å². The second-order valence-corrected chi connectivity index (χ2v) is 8.90. The van der Waals surface area contributed by atoms with Crippen LogP contribution in [0.15, 0.2) is 66.7 Å². The molecule has 3 aromatic rings. The van der Waals surface area contributed by atoms with E-state index in [0.717, 1.165) is 50.8 Å². The molecule has 2 heterocycles. The highest BCUT2D eigenvalue weighted by Gasteiger charge is 2.22. The molecule has 1 saturated heterocycles. The summed E-state index contributed by atoms with van der Waals surface area (Å²) in [5.41, 5.74) is 1.81. The van der Waals surface area contributed by atoms with Gasteiger partial charge in [0.25, 0.3) is 0 Å². The van der Waals surface area contributed by atoms with Crippen LogP contribution in [-0.4, -0.2) is 56.4 Å². The van der Waals surface area contributed by atoms with E-state index in [-0.39, 0.29) is 11.9 Å². The molecular weight excluding hydrogens is 447 g/mol. The normalized spacial score (nSPS) is 16.7. The number of benzene rings is 3. The van der Waals surface area contributed by atoms with Gasteiger partial charge in [-0.05, 0) is 35.9 Å². The molecule has 7 heteroatoms. The summed E-state index contributed by atoms with van der Waals surface area (Å²) in [5.74, 6) is 2.80. The van der Waals surface area contributed by atoms with Crippen LogP contribution in [0.5, 0.6) is 23.0 Å². The van der Waals surface area contributed by atoms with E-state index in [1.807, 2.05) is 42.5 Å². The molecule has 184 valence electrons. The lowest BCUT2D eigenvalue weighted by atomic mass is 10.0. The molecule has 2 aliphatic rings. The van der Waals surface area contributed by atoms with Crippen molar-refractivity contribution in [1.29, 1.82) is 0 Å². The lowest BCUT2D eigenvalue weighted by Gasteiger charge is -2.35. The summed E-state index contributed by atoms with van der Waals surface area (Å²) in [6.45, 7) is 5.92. The van der Waals surface area contributed by atoms with Gasteiger partial charge in [-0.25, -0.2) is 4.39 Å². The molecule has 0 aromatic heterocycles. The Morgan fingerprint density at radius 3 is 2.46 bits per heavy atom. The van der Waals surface area contributed by atoms with Gasteiger partial charge in [0.15, 0.2) is 11.5 Å². The first-order chi connectivity index (χ1) is 17.2. The van der Waals surface area contributed by atoms with E-state index in [1.165, 1.54) is 11.6 Å². The Morgan fingerprint density at radius 1 is 0.857 bits per heavy atom. The van der Waals surface area contributed by atoms with Gasteiger partial charge < -0.3 is 23.8 Å². The maximum atomic E-state index is 14.7. The fraction of sp³-hybridized carbons (Fsp3) is 0.357. The minimum atomic E-state index is -0.380. The lowest BCUT2D eigenvalue weighted by molar-refractivity contribution is 0.106. The van der Waals surface area contributed by atoms with E-state index < -0.39 is 0 Å². The quantitative estimate of drug-likeness (QED) is 0.436. The van der Waals surface area contributed by atoms with Crippen LogP contribution in [0.4, 0.5) is 4.39 Å².